The first-order valence-corrected chi connectivity index (χ1v) is 12.6. The molecule has 8 nitrogen and oxygen atoms in total. The number of carbonyl (C=O) groups is 2. The van der Waals surface area contributed by atoms with E-state index in [4.69, 9.17) is 14.2 Å². The summed E-state index contributed by atoms with van der Waals surface area (Å²) in [6, 6.07) is 14.3. The fourth-order valence-electron chi connectivity index (χ4n) is 4.05. The molecule has 41 heavy (non-hydrogen) atoms. The molecule has 0 atom stereocenters. The van der Waals surface area contributed by atoms with Crippen molar-refractivity contribution in [2.24, 2.45) is 4.99 Å². The number of aliphatic hydroxyl groups excluding tert-OH is 1. The first kappa shape index (κ1) is 29.2. The van der Waals surface area contributed by atoms with Crippen LogP contribution >= 0.6 is 0 Å². The van der Waals surface area contributed by atoms with Crippen molar-refractivity contribution in [3.63, 3.8) is 0 Å². The number of amides is 1. The molecule has 3 aromatic rings. The summed E-state index contributed by atoms with van der Waals surface area (Å²) in [5.41, 5.74) is -2.06. The maximum Gasteiger partial charge on any atom is 0.408 e. The molecule has 0 aliphatic heterocycles. The predicted molar refractivity (Wildman–Crippen MR) is 144 cm³/mol. The van der Waals surface area contributed by atoms with Gasteiger partial charge in [-0.05, 0) is 49.6 Å². The van der Waals surface area contributed by atoms with E-state index in [2.05, 4.69) is 10.3 Å². The van der Waals surface area contributed by atoms with Gasteiger partial charge in [-0.3, -0.25) is 4.99 Å². The Labute approximate surface area is 234 Å². The van der Waals surface area contributed by atoms with Crippen LogP contribution < -0.4 is 10.1 Å². The lowest BCUT2D eigenvalue weighted by atomic mass is 9.99. The van der Waals surface area contributed by atoms with Crippen LogP contribution in [0.5, 0.6) is 5.75 Å². The number of alkyl carbamates (subject to hydrolysis) is 1. The number of rotatable bonds is 10. The van der Waals surface area contributed by atoms with Crippen LogP contribution in [0, 0.1) is 17.5 Å². The van der Waals surface area contributed by atoms with Gasteiger partial charge >= 0.3 is 12.1 Å². The average molecular weight is 569 g/mol. The van der Waals surface area contributed by atoms with Crippen LogP contribution in [0.15, 0.2) is 71.2 Å². The second kappa shape index (κ2) is 12.6. The van der Waals surface area contributed by atoms with E-state index in [1.54, 1.807) is 24.3 Å². The van der Waals surface area contributed by atoms with Crippen LogP contribution in [0.4, 0.5) is 23.7 Å². The van der Waals surface area contributed by atoms with E-state index in [-0.39, 0.29) is 30.2 Å². The third-order valence-electron chi connectivity index (χ3n) is 6.37. The lowest BCUT2D eigenvalue weighted by molar-refractivity contribution is -0.137. The first-order valence-electron chi connectivity index (χ1n) is 12.6. The van der Waals surface area contributed by atoms with Crippen LogP contribution in [0.3, 0.4) is 0 Å². The van der Waals surface area contributed by atoms with Gasteiger partial charge in [-0.1, -0.05) is 30.3 Å². The van der Waals surface area contributed by atoms with Gasteiger partial charge in [0.2, 0.25) is 0 Å². The molecular weight excluding hydrogens is 541 g/mol. The Kier molecular flexibility index (Phi) is 8.96. The number of carbonyl (C=O) groups excluding carboxylic acids is 2. The molecule has 1 aliphatic rings. The molecule has 214 valence electrons. The van der Waals surface area contributed by atoms with Crippen molar-refractivity contribution < 1.29 is 42.1 Å². The zero-order chi connectivity index (χ0) is 29.6. The first-order chi connectivity index (χ1) is 19.7. The normalized spacial score (nSPS) is 14.3. The molecule has 1 aliphatic carbocycles. The molecule has 0 spiro atoms. The molecule has 0 heterocycles. The van der Waals surface area contributed by atoms with Crippen LogP contribution in [-0.4, -0.2) is 37.1 Å². The van der Waals surface area contributed by atoms with Crippen molar-refractivity contribution in [1.82, 2.24) is 5.32 Å². The number of nitrogens with one attached hydrogen (secondary N) is 1. The summed E-state index contributed by atoms with van der Waals surface area (Å²) in [5.74, 6) is -4.62. The van der Waals surface area contributed by atoms with Gasteiger partial charge in [0.15, 0.2) is 5.82 Å². The van der Waals surface area contributed by atoms with Crippen molar-refractivity contribution in [3.8, 4) is 5.75 Å². The summed E-state index contributed by atoms with van der Waals surface area (Å²) in [7, 11) is 1.36. The van der Waals surface area contributed by atoms with Gasteiger partial charge < -0.3 is 24.6 Å². The molecule has 11 heteroatoms. The third kappa shape index (κ3) is 6.86. The van der Waals surface area contributed by atoms with Gasteiger partial charge in [0.05, 0.1) is 30.5 Å². The quantitative estimate of drug-likeness (QED) is 0.129. The van der Waals surface area contributed by atoms with Gasteiger partial charge in [0.25, 0.3) is 0 Å². The van der Waals surface area contributed by atoms with E-state index < -0.39 is 51.9 Å². The summed E-state index contributed by atoms with van der Waals surface area (Å²) in [4.78, 5) is 28.8. The predicted octanol–water partition coefficient (Wildman–Crippen LogP) is 6.26. The molecular formula is C30H27F3N2O6. The Morgan fingerprint density at radius 2 is 1.73 bits per heavy atom. The number of nitrogens with zero attached hydrogens (tertiary/aromatic N) is 1. The van der Waals surface area contributed by atoms with Crippen LogP contribution in [0.25, 0.3) is 5.76 Å². The second-order valence-electron chi connectivity index (χ2n) is 9.14. The zero-order valence-electron chi connectivity index (χ0n) is 22.2. The number of aliphatic hydroxyl groups is 1. The highest BCUT2D eigenvalue weighted by atomic mass is 19.1. The van der Waals surface area contributed by atoms with Crippen molar-refractivity contribution in [1.29, 1.82) is 0 Å². The largest absolute Gasteiger partial charge is 0.506 e. The number of benzene rings is 3. The van der Waals surface area contributed by atoms with E-state index in [1.807, 2.05) is 6.07 Å². The molecule has 0 radical (unpaired) electrons. The summed E-state index contributed by atoms with van der Waals surface area (Å²) in [5, 5.41) is 13.4. The van der Waals surface area contributed by atoms with E-state index >= 15 is 8.78 Å². The Morgan fingerprint density at radius 1 is 1.00 bits per heavy atom. The maximum absolute atomic E-state index is 15.3. The highest BCUT2D eigenvalue weighted by Crippen LogP contribution is 2.47. The zero-order valence-corrected chi connectivity index (χ0v) is 22.2. The van der Waals surface area contributed by atoms with E-state index in [9.17, 15) is 19.1 Å². The summed E-state index contributed by atoms with van der Waals surface area (Å²) in [6.45, 7) is 1.41. The minimum absolute atomic E-state index is 0.00415. The van der Waals surface area contributed by atoms with E-state index in [1.165, 1.54) is 26.2 Å². The molecule has 1 saturated carbocycles. The molecule has 4 rings (SSSR count). The van der Waals surface area contributed by atoms with Gasteiger partial charge in [-0.25, -0.2) is 22.8 Å². The summed E-state index contributed by atoms with van der Waals surface area (Å²) < 4.78 is 60.0. The van der Waals surface area contributed by atoms with Gasteiger partial charge in [-0.15, -0.1) is 0 Å². The number of halogens is 3. The Morgan fingerprint density at radius 3 is 2.37 bits per heavy atom. The molecule has 3 aromatic carbocycles. The fourth-order valence-corrected chi connectivity index (χ4v) is 4.05. The Bertz CT molecular complexity index is 1500. The molecule has 0 bridgehead atoms. The number of esters is 1. The lowest BCUT2D eigenvalue weighted by Crippen LogP contribution is -2.36. The molecule has 1 amide bonds. The molecule has 2 N–H and O–H groups in total. The van der Waals surface area contributed by atoms with Crippen molar-refractivity contribution in [2.45, 2.75) is 31.9 Å². The van der Waals surface area contributed by atoms with Crippen molar-refractivity contribution >= 4 is 29.7 Å². The Balaban J connectivity index is 1.60. The lowest BCUT2D eigenvalue weighted by Gasteiger charge is -2.19. The highest BCUT2D eigenvalue weighted by molar-refractivity contribution is 6.15. The fraction of sp³-hybridized carbons (Fsp3) is 0.233. The van der Waals surface area contributed by atoms with Gasteiger partial charge in [0, 0.05) is 17.8 Å². The smallest absolute Gasteiger partial charge is 0.408 e. The number of methoxy groups -OCH3 is 1. The molecule has 1 fully saturated rings. The minimum Gasteiger partial charge on any atom is -0.506 e. The monoisotopic (exact) mass is 568 g/mol. The van der Waals surface area contributed by atoms with Crippen molar-refractivity contribution in [3.05, 3.63) is 100 Å². The molecule has 0 unspecified atom stereocenters. The Hall–Kier alpha value is -4.80. The van der Waals surface area contributed by atoms with Crippen molar-refractivity contribution in [2.75, 3.05) is 13.7 Å². The maximum atomic E-state index is 15.3. The van der Waals surface area contributed by atoms with Crippen LogP contribution in [0.1, 0.15) is 36.5 Å². The molecule has 0 saturated heterocycles. The van der Waals surface area contributed by atoms with Gasteiger partial charge in [-0.2, -0.15) is 0 Å². The number of ether oxygens (including phenoxy) is 3. The molecule has 0 aromatic heterocycles. The number of hydrogen-bond donors (Lipinski definition) is 2. The summed E-state index contributed by atoms with van der Waals surface area (Å²) in [6.07, 6.45) is 0.665. The van der Waals surface area contributed by atoms with Gasteiger partial charge in [0.1, 0.15) is 35.3 Å². The topological polar surface area (TPSA) is 106 Å². The number of aliphatic imine (C=N–C) groups is 1. The van der Waals surface area contributed by atoms with E-state index in [0.717, 1.165) is 23.9 Å². The number of hydrogen-bond acceptors (Lipinski definition) is 7. The third-order valence-corrected chi connectivity index (χ3v) is 6.37. The SMILES string of the molecule is CCOC(=O)/C(C=Nc1ccc(OC)cc1F)=C(\O)c1cc(F)c(C2(NC(=O)OCc3ccccc3)CC2)cc1F. The minimum atomic E-state index is -1.19. The summed E-state index contributed by atoms with van der Waals surface area (Å²) >= 11 is 0. The standard InChI is InChI=1S/C30H27F3N2O6/c1-3-40-28(37)21(16-34-26-10-9-19(39-2)13-25(26)33)27(36)20-14-24(32)22(15-23(20)31)30(11-12-30)35-29(38)41-17-18-7-5-4-6-8-18/h4-10,13-16,36H,3,11-12,17H2,1-2H3,(H,35,38)/b27-21-,34-16?. The highest BCUT2D eigenvalue weighted by Gasteiger charge is 2.48. The van der Waals surface area contributed by atoms with Crippen LogP contribution in [0.2, 0.25) is 0 Å². The van der Waals surface area contributed by atoms with E-state index in [0.29, 0.717) is 18.9 Å². The average Bonchev–Trinajstić information content (AvgIpc) is 3.74. The second-order valence-corrected chi connectivity index (χ2v) is 9.14. The van der Waals surface area contributed by atoms with Crippen LogP contribution in [-0.2, 0) is 26.4 Å².